The van der Waals surface area contributed by atoms with Crippen molar-refractivity contribution in [3.05, 3.63) is 22.2 Å². The number of nitrogens with two attached hydrogens (primary N) is 1. The Kier molecular flexibility index (Phi) is 3.19. The molecule has 0 radical (unpaired) electrons. The van der Waals surface area contributed by atoms with Gasteiger partial charge in [0, 0.05) is 10.9 Å². The summed E-state index contributed by atoms with van der Waals surface area (Å²) in [6, 6.07) is 0. The highest BCUT2D eigenvalue weighted by atomic mass is 32.1. The quantitative estimate of drug-likeness (QED) is 0.912. The van der Waals surface area contributed by atoms with Gasteiger partial charge in [-0.25, -0.2) is 0 Å². The number of hydrogen-bond acceptors (Lipinski definition) is 5. The molecule has 0 aliphatic heterocycles. The van der Waals surface area contributed by atoms with Crippen molar-refractivity contribution in [2.75, 3.05) is 0 Å². The van der Waals surface area contributed by atoms with E-state index in [0.717, 1.165) is 37.2 Å². The van der Waals surface area contributed by atoms with Gasteiger partial charge in [0.05, 0.1) is 5.54 Å². The van der Waals surface area contributed by atoms with Crippen LogP contribution in [0.25, 0.3) is 11.4 Å². The van der Waals surface area contributed by atoms with Crippen LogP contribution < -0.4 is 5.73 Å². The van der Waals surface area contributed by atoms with Gasteiger partial charge in [-0.05, 0) is 49.5 Å². The standard InChI is InChI=1S/C14H19N3OS/c1-9-3-5-14(15,6-4-9)13-16-12(17-18-13)11-8-19-7-10(11)2/h7-9H,3-6,15H2,1-2H3. The van der Waals surface area contributed by atoms with E-state index in [1.54, 1.807) is 11.3 Å². The summed E-state index contributed by atoms with van der Waals surface area (Å²) in [5.41, 5.74) is 8.25. The van der Waals surface area contributed by atoms with Crippen LogP contribution in [0.15, 0.2) is 15.3 Å². The Labute approximate surface area is 117 Å². The third kappa shape index (κ3) is 2.32. The smallest absolute Gasteiger partial charge is 0.247 e. The van der Waals surface area contributed by atoms with Crippen molar-refractivity contribution in [1.29, 1.82) is 0 Å². The molecule has 1 fully saturated rings. The Hall–Kier alpha value is -1.20. The first-order valence-electron chi connectivity index (χ1n) is 6.75. The van der Waals surface area contributed by atoms with Crippen molar-refractivity contribution in [3.63, 3.8) is 0 Å². The van der Waals surface area contributed by atoms with Crippen LogP contribution in [0.1, 0.15) is 44.1 Å². The van der Waals surface area contributed by atoms with Gasteiger partial charge < -0.3 is 10.3 Å². The lowest BCUT2D eigenvalue weighted by Gasteiger charge is -2.32. The number of rotatable bonds is 2. The number of thiophene rings is 1. The molecule has 2 aromatic heterocycles. The fourth-order valence-corrected chi connectivity index (χ4v) is 3.44. The average molecular weight is 277 g/mol. The summed E-state index contributed by atoms with van der Waals surface area (Å²) in [6.45, 7) is 4.33. The van der Waals surface area contributed by atoms with Gasteiger partial charge in [-0.1, -0.05) is 12.1 Å². The molecule has 3 rings (SSSR count). The van der Waals surface area contributed by atoms with E-state index in [2.05, 4.69) is 34.7 Å². The highest BCUT2D eigenvalue weighted by molar-refractivity contribution is 7.08. The highest BCUT2D eigenvalue weighted by Crippen LogP contribution is 2.37. The van der Waals surface area contributed by atoms with Crippen LogP contribution in [0.5, 0.6) is 0 Å². The van der Waals surface area contributed by atoms with Crippen molar-refractivity contribution < 1.29 is 4.52 Å². The largest absolute Gasteiger partial charge is 0.337 e. The molecule has 0 atom stereocenters. The van der Waals surface area contributed by atoms with E-state index in [-0.39, 0.29) is 0 Å². The second-order valence-electron chi connectivity index (χ2n) is 5.73. The summed E-state index contributed by atoms with van der Waals surface area (Å²) in [4.78, 5) is 4.54. The van der Waals surface area contributed by atoms with Gasteiger partial charge in [0.25, 0.3) is 0 Å². The summed E-state index contributed by atoms with van der Waals surface area (Å²) in [6.07, 6.45) is 4.12. The van der Waals surface area contributed by atoms with E-state index in [0.29, 0.717) is 11.7 Å². The molecule has 2 aromatic rings. The summed E-state index contributed by atoms with van der Waals surface area (Å²) in [7, 11) is 0. The molecule has 0 bridgehead atoms. The molecular weight excluding hydrogens is 258 g/mol. The lowest BCUT2D eigenvalue weighted by molar-refractivity contribution is 0.190. The molecule has 1 saturated carbocycles. The summed E-state index contributed by atoms with van der Waals surface area (Å²) in [5.74, 6) is 2.01. The first-order valence-corrected chi connectivity index (χ1v) is 7.69. The van der Waals surface area contributed by atoms with Gasteiger partial charge in [0.1, 0.15) is 0 Å². The zero-order valence-corrected chi connectivity index (χ0v) is 12.2. The van der Waals surface area contributed by atoms with E-state index < -0.39 is 5.54 Å². The molecule has 2 N–H and O–H groups in total. The molecule has 0 aromatic carbocycles. The first kappa shape index (κ1) is 12.8. The topological polar surface area (TPSA) is 64.9 Å². The summed E-state index contributed by atoms with van der Waals surface area (Å²) < 4.78 is 5.44. The normalized spacial score (nSPS) is 27.6. The lowest BCUT2D eigenvalue weighted by Crippen LogP contribution is -2.40. The zero-order chi connectivity index (χ0) is 13.5. The van der Waals surface area contributed by atoms with Gasteiger partial charge >= 0.3 is 0 Å². The lowest BCUT2D eigenvalue weighted by atomic mass is 9.78. The second-order valence-corrected chi connectivity index (χ2v) is 6.47. The van der Waals surface area contributed by atoms with Gasteiger partial charge in [0.2, 0.25) is 11.7 Å². The molecule has 0 spiro atoms. The fourth-order valence-electron chi connectivity index (χ4n) is 2.62. The van der Waals surface area contributed by atoms with Crippen molar-refractivity contribution >= 4 is 11.3 Å². The van der Waals surface area contributed by atoms with Crippen LogP contribution in [-0.4, -0.2) is 10.1 Å². The maximum absolute atomic E-state index is 6.45. The minimum Gasteiger partial charge on any atom is -0.337 e. The molecular formula is C14H19N3OS. The number of aromatic nitrogens is 2. The van der Waals surface area contributed by atoms with Crippen LogP contribution in [-0.2, 0) is 5.54 Å². The monoisotopic (exact) mass is 277 g/mol. The Bertz CT molecular complexity index is 567. The molecule has 102 valence electrons. The molecule has 2 heterocycles. The van der Waals surface area contributed by atoms with Crippen molar-refractivity contribution in [2.45, 2.75) is 45.1 Å². The summed E-state index contributed by atoms with van der Waals surface area (Å²) >= 11 is 1.65. The minimum atomic E-state index is -0.429. The Morgan fingerprint density at radius 1 is 1.37 bits per heavy atom. The van der Waals surface area contributed by atoms with E-state index in [9.17, 15) is 0 Å². The number of aryl methyl sites for hydroxylation is 1. The van der Waals surface area contributed by atoms with Gasteiger partial charge in [0.15, 0.2) is 0 Å². The van der Waals surface area contributed by atoms with Crippen molar-refractivity contribution in [3.8, 4) is 11.4 Å². The van der Waals surface area contributed by atoms with Crippen LogP contribution >= 0.6 is 11.3 Å². The minimum absolute atomic E-state index is 0.429. The highest BCUT2D eigenvalue weighted by Gasteiger charge is 2.37. The third-order valence-electron chi connectivity index (χ3n) is 4.11. The second kappa shape index (κ2) is 4.72. The van der Waals surface area contributed by atoms with E-state index >= 15 is 0 Å². The molecule has 5 heteroatoms. The van der Waals surface area contributed by atoms with Gasteiger partial charge in [-0.2, -0.15) is 16.3 Å². The third-order valence-corrected chi connectivity index (χ3v) is 4.98. The number of hydrogen-bond donors (Lipinski definition) is 1. The van der Waals surface area contributed by atoms with E-state index in [4.69, 9.17) is 10.3 Å². The molecule has 1 aliphatic carbocycles. The van der Waals surface area contributed by atoms with Crippen LogP contribution in [0.4, 0.5) is 0 Å². The van der Waals surface area contributed by atoms with Crippen LogP contribution in [0.2, 0.25) is 0 Å². The Morgan fingerprint density at radius 2 is 2.11 bits per heavy atom. The maximum atomic E-state index is 6.45. The SMILES string of the molecule is Cc1cscc1-c1noc(C2(N)CCC(C)CC2)n1. The predicted molar refractivity (Wildman–Crippen MR) is 75.8 cm³/mol. The molecule has 19 heavy (non-hydrogen) atoms. The van der Waals surface area contributed by atoms with Crippen molar-refractivity contribution in [2.24, 2.45) is 11.7 Å². The van der Waals surface area contributed by atoms with Crippen LogP contribution in [0, 0.1) is 12.8 Å². The fraction of sp³-hybridized carbons (Fsp3) is 0.571. The first-order chi connectivity index (χ1) is 9.08. The zero-order valence-electron chi connectivity index (χ0n) is 11.3. The van der Waals surface area contributed by atoms with E-state index in [1.165, 1.54) is 5.56 Å². The maximum Gasteiger partial charge on any atom is 0.247 e. The van der Waals surface area contributed by atoms with Crippen molar-refractivity contribution in [1.82, 2.24) is 10.1 Å². The molecule has 0 amide bonds. The molecule has 1 aliphatic rings. The summed E-state index contributed by atoms with van der Waals surface area (Å²) in [5, 5.41) is 8.24. The number of nitrogens with zero attached hydrogens (tertiary/aromatic N) is 2. The van der Waals surface area contributed by atoms with E-state index in [1.807, 2.05) is 0 Å². The van der Waals surface area contributed by atoms with Gasteiger partial charge in [-0.15, -0.1) is 0 Å². The molecule has 4 nitrogen and oxygen atoms in total. The van der Waals surface area contributed by atoms with Gasteiger partial charge in [-0.3, -0.25) is 0 Å². The molecule has 0 saturated heterocycles. The predicted octanol–water partition coefficient (Wildman–Crippen LogP) is 3.47. The molecule has 0 unspecified atom stereocenters. The van der Waals surface area contributed by atoms with Crippen LogP contribution in [0.3, 0.4) is 0 Å². The Morgan fingerprint density at radius 3 is 2.74 bits per heavy atom. The Balaban J connectivity index is 1.87. The average Bonchev–Trinajstić information content (AvgIpc) is 3.01.